The molecule has 1 aliphatic carbocycles. The van der Waals surface area contributed by atoms with Gasteiger partial charge in [0.1, 0.15) is 0 Å². The Hall–Kier alpha value is -0.340. The number of rotatable bonds is 2. The van der Waals surface area contributed by atoms with Crippen LogP contribution in [-0.4, -0.2) is 14.1 Å². The third kappa shape index (κ3) is 3.22. The first kappa shape index (κ1) is 15.1. The van der Waals surface area contributed by atoms with Crippen LogP contribution < -0.4 is 4.90 Å². The monoisotopic (exact) mass is 335 g/mol. The Bertz CT molecular complexity index is 561. The van der Waals surface area contributed by atoms with Gasteiger partial charge in [0, 0.05) is 25.0 Å². The zero-order valence-electron chi connectivity index (χ0n) is 10.6. The molecule has 2 rings (SSSR count). The quantitative estimate of drug-likeness (QED) is 0.669. The Balaban J connectivity index is 2.37. The van der Waals surface area contributed by atoms with Gasteiger partial charge < -0.3 is 4.90 Å². The molecule has 1 aromatic carbocycles. The second-order valence-corrected chi connectivity index (χ2v) is 6.30. The normalized spacial score (nSPS) is 19.5. The zero-order chi connectivity index (χ0) is 14.2. The highest BCUT2D eigenvalue weighted by Gasteiger charge is 2.21. The summed E-state index contributed by atoms with van der Waals surface area (Å²) in [5.74, 6) is 0.124. The average molecular weight is 337 g/mol. The van der Waals surface area contributed by atoms with Gasteiger partial charge in [-0.05, 0) is 24.1 Å². The van der Waals surface area contributed by atoms with E-state index in [-0.39, 0.29) is 5.92 Å². The van der Waals surface area contributed by atoms with Crippen molar-refractivity contribution in [1.82, 2.24) is 0 Å². The van der Waals surface area contributed by atoms with E-state index in [2.05, 4.69) is 6.07 Å². The molecule has 0 saturated heterocycles. The molecule has 0 N–H and O–H groups in total. The van der Waals surface area contributed by atoms with Gasteiger partial charge in [-0.25, -0.2) is 0 Å². The van der Waals surface area contributed by atoms with Crippen molar-refractivity contribution in [3.8, 4) is 0 Å². The van der Waals surface area contributed by atoms with Gasteiger partial charge in [0.2, 0.25) is 0 Å². The minimum absolute atomic E-state index is 0.124. The van der Waals surface area contributed by atoms with Crippen LogP contribution in [0.15, 0.2) is 39.4 Å². The minimum Gasteiger partial charge on any atom is -0.376 e. The Morgan fingerprint density at radius 1 is 1.11 bits per heavy atom. The maximum absolute atomic E-state index is 6.17. The first-order valence-corrected chi connectivity index (χ1v) is 7.30. The Labute approximate surface area is 133 Å². The molecule has 0 bridgehead atoms. The molecule has 0 aromatic heterocycles. The van der Waals surface area contributed by atoms with E-state index in [0.29, 0.717) is 21.5 Å². The molecule has 1 aliphatic rings. The predicted molar refractivity (Wildman–Crippen MR) is 85.8 cm³/mol. The topological polar surface area (TPSA) is 3.24 Å². The lowest BCUT2D eigenvalue weighted by molar-refractivity contribution is 0.836. The molecule has 102 valence electrons. The van der Waals surface area contributed by atoms with Crippen LogP contribution >= 0.6 is 46.4 Å². The SMILES string of the molecule is CN(C)c1cc(C2C=C(Cl)C(Cl)=C(Cl)C2)ccc1Cl. The van der Waals surface area contributed by atoms with Crippen LogP contribution in [-0.2, 0) is 0 Å². The van der Waals surface area contributed by atoms with Crippen LogP contribution in [0.1, 0.15) is 17.9 Å². The van der Waals surface area contributed by atoms with Gasteiger partial charge in [-0.15, -0.1) is 0 Å². The summed E-state index contributed by atoms with van der Waals surface area (Å²) in [4.78, 5) is 1.98. The first-order valence-electron chi connectivity index (χ1n) is 5.78. The van der Waals surface area contributed by atoms with Crippen molar-refractivity contribution in [3.05, 3.63) is 50.0 Å². The summed E-state index contributed by atoms with van der Waals surface area (Å²) in [6.45, 7) is 0. The van der Waals surface area contributed by atoms with Crippen molar-refractivity contribution >= 4 is 52.1 Å². The number of hydrogen-bond donors (Lipinski definition) is 0. The Kier molecular flexibility index (Phi) is 4.73. The maximum atomic E-state index is 6.17. The van der Waals surface area contributed by atoms with E-state index in [0.717, 1.165) is 16.3 Å². The summed E-state index contributed by atoms with van der Waals surface area (Å²) in [6.07, 6.45) is 2.59. The molecule has 19 heavy (non-hydrogen) atoms. The van der Waals surface area contributed by atoms with Crippen molar-refractivity contribution < 1.29 is 0 Å². The number of benzene rings is 1. The van der Waals surface area contributed by atoms with E-state index in [1.54, 1.807) is 0 Å². The Morgan fingerprint density at radius 3 is 2.37 bits per heavy atom. The number of hydrogen-bond acceptors (Lipinski definition) is 1. The molecule has 1 unspecified atom stereocenters. The lowest BCUT2D eigenvalue weighted by atomic mass is 9.92. The predicted octanol–water partition coefficient (Wildman–Crippen LogP) is 5.71. The minimum atomic E-state index is 0.124. The molecule has 0 spiro atoms. The van der Waals surface area contributed by atoms with E-state index >= 15 is 0 Å². The molecule has 1 nitrogen and oxygen atoms in total. The van der Waals surface area contributed by atoms with Gasteiger partial charge in [-0.1, -0.05) is 58.5 Å². The van der Waals surface area contributed by atoms with Gasteiger partial charge in [-0.2, -0.15) is 0 Å². The molecule has 0 aliphatic heterocycles. The average Bonchev–Trinajstić information content (AvgIpc) is 2.35. The molecule has 1 atom stereocenters. The van der Waals surface area contributed by atoms with Crippen LogP contribution in [0.2, 0.25) is 5.02 Å². The van der Waals surface area contributed by atoms with Crippen LogP contribution in [0.5, 0.6) is 0 Å². The molecule has 0 saturated carbocycles. The van der Waals surface area contributed by atoms with E-state index < -0.39 is 0 Å². The third-order valence-electron chi connectivity index (χ3n) is 3.07. The fourth-order valence-corrected chi connectivity index (χ4v) is 3.05. The lowest BCUT2D eigenvalue weighted by Gasteiger charge is -2.22. The van der Waals surface area contributed by atoms with Crippen LogP contribution in [0.3, 0.4) is 0 Å². The van der Waals surface area contributed by atoms with Crippen LogP contribution in [0.25, 0.3) is 0 Å². The second-order valence-electron chi connectivity index (χ2n) is 4.65. The van der Waals surface area contributed by atoms with Crippen molar-refractivity contribution in [2.24, 2.45) is 0 Å². The zero-order valence-corrected chi connectivity index (χ0v) is 13.6. The Morgan fingerprint density at radius 2 is 1.79 bits per heavy atom. The molecule has 0 amide bonds. The van der Waals surface area contributed by atoms with E-state index in [9.17, 15) is 0 Å². The molecular weight excluding hydrogens is 324 g/mol. The number of anilines is 1. The number of halogens is 4. The molecule has 5 heteroatoms. The lowest BCUT2D eigenvalue weighted by Crippen LogP contribution is -2.10. The maximum Gasteiger partial charge on any atom is 0.0734 e. The van der Waals surface area contributed by atoms with Crippen molar-refractivity contribution in [2.75, 3.05) is 19.0 Å². The van der Waals surface area contributed by atoms with Gasteiger partial charge >= 0.3 is 0 Å². The smallest absolute Gasteiger partial charge is 0.0734 e. The molecule has 0 heterocycles. The van der Waals surface area contributed by atoms with E-state index in [1.165, 1.54) is 0 Å². The van der Waals surface area contributed by atoms with Crippen LogP contribution in [0.4, 0.5) is 5.69 Å². The highest BCUT2D eigenvalue weighted by atomic mass is 35.5. The summed E-state index contributed by atoms with van der Waals surface area (Å²) < 4.78 is 0. The van der Waals surface area contributed by atoms with E-state index in [4.69, 9.17) is 46.4 Å². The summed E-state index contributed by atoms with van der Waals surface area (Å²) in [5.41, 5.74) is 2.09. The van der Waals surface area contributed by atoms with Crippen molar-refractivity contribution in [2.45, 2.75) is 12.3 Å². The largest absolute Gasteiger partial charge is 0.376 e. The van der Waals surface area contributed by atoms with Crippen molar-refractivity contribution in [3.63, 3.8) is 0 Å². The molecule has 0 radical (unpaired) electrons. The third-order valence-corrected chi connectivity index (χ3v) is 4.68. The summed E-state index contributed by atoms with van der Waals surface area (Å²) in [6, 6.07) is 5.93. The van der Waals surface area contributed by atoms with E-state index in [1.807, 2.05) is 37.2 Å². The van der Waals surface area contributed by atoms with Gasteiger partial charge in [0.05, 0.1) is 20.8 Å². The summed E-state index contributed by atoms with van der Waals surface area (Å²) in [7, 11) is 3.91. The fraction of sp³-hybridized carbons (Fsp3) is 0.286. The highest BCUT2D eigenvalue weighted by molar-refractivity contribution is 6.48. The second kappa shape index (κ2) is 5.97. The standard InChI is InChI=1S/C14H13Cl4N/c1-19(2)13-7-8(3-4-10(13)15)9-5-11(16)14(18)12(17)6-9/h3-5,7,9H,6H2,1-2H3. The number of allylic oxidation sites excluding steroid dienone is 4. The van der Waals surface area contributed by atoms with Gasteiger partial charge in [0.15, 0.2) is 0 Å². The molecule has 1 aromatic rings. The molecule has 0 fully saturated rings. The van der Waals surface area contributed by atoms with Gasteiger partial charge in [-0.3, -0.25) is 0 Å². The summed E-state index contributed by atoms with van der Waals surface area (Å²) >= 11 is 24.4. The summed E-state index contributed by atoms with van der Waals surface area (Å²) in [5, 5.41) is 2.27. The van der Waals surface area contributed by atoms with Gasteiger partial charge in [0.25, 0.3) is 0 Å². The molecular formula is C14H13Cl4N. The highest BCUT2D eigenvalue weighted by Crippen LogP contribution is 2.41. The fourth-order valence-electron chi connectivity index (χ4n) is 2.04. The number of nitrogens with zero attached hydrogens (tertiary/aromatic N) is 1. The van der Waals surface area contributed by atoms with Crippen molar-refractivity contribution in [1.29, 1.82) is 0 Å². The van der Waals surface area contributed by atoms with Crippen LogP contribution in [0, 0.1) is 0 Å². The first-order chi connectivity index (χ1) is 8.90.